The maximum atomic E-state index is 12.7. The third kappa shape index (κ3) is 6.23. The minimum Gasteiger partial charge on any atom is -0.464 e. The van der Waals surface area contributed by atoms with Crippen molar-refractivity contribution in [3.05, 3.63) is 94.5 Å². The van der Waals surface area contributed by atoms with Gasteiger partial charge in [0.15, 0.2) is 0 Å². The van der Waals surface area contributed by atoms with Crippen LogP contribution < -0.4 is 11.1 Å². The van der Waals surface area contributed by atoms with Crippen molar-refractivity contribution in [1.82, 2.24) is 5.32 Å². The topological polar surface area (TPSA) is 108 Å². The average molecular weight is 507 g/mol. The summed E-state index contributed by atoms with van der Waals surface area (Å²) in [5, 5.41) is 3.13. The summed E-state index contributed by atoms with van der Waals surface area (Å²) < 4.78 is 10.9. The van der Waals surface area contributed by atoms with Crippen LogP contribution in [-0.4, -0.2) is 37.2 Å². The summed E-state index contributed by atoms with van der Waals surface area (Å²) in [6.45, 7) is 0.199. The van der Waals surface area contributed by atoms with Crippen LogP contribution >= 0.6 is 11.6 Å². The highest BCUT2D eigenvalue weighted by molar-refractivity contribution is 6.30. The molecular weight excluding hydrogens is 480 g/mol. The molecule has 0 saturated carbocycles. The number of nitrogens with two attached hydrogens (primary N) is 1. The van der Waals surface area contributed by atoms with E-state index in [1.54, 1.807) is 12.1 Å². The van der Waals surface area contributed by atoms with Crippen LogP contribution in [0, 0.1) is 0 Å². The number of hydrogen-bond donors (Lipinski definition) is 2. The van der Waals surface area contributed by atoms with E-state index < -0.39 is 24.0 Å². The normalized spacial score (nSPS) is 12.8. The number of carbonyl (C=O) groups excluding carboxylic acids is 3. The van der Waals surface area contributed by atoms with Gasteiger partial charge in [-0.05, 0) is 46.4 Å². The maximum Gasteiger partial charge on any atom is 0.407 e. The molecule has 4 rings (SSSR count). The number of fused-ring (bicyclic) bond motifs is 3. The molecule has 2 amide bonds. The highest BCUT2D eigenvalue weighted by Gasteiger charge is 2.30. The summed E-state index contributed by atoms with van der Waals surface area (Å²) in [7, 11) is 0. The number of rotatable bonds is 10. The minimum atomic E-state index is -1.06. The molecular formula is C28H27ClN2O5. The lowest BCUT2D eigenvalue weighted by Crippen LogP contribution is -2.43. The third-order valence-corrected chi connectivity index (χ3v) is 6.36. The van der Waals surface area contributed by atoms with E-state index in [1.807, 2.05) is 60.7 Å². The van der Waals surface area contributed by atoms with Gasteiger partial charge in [-0.15, -0.1) is 0 Å². The molecule has 3 N–H and O–H groups in total. The summed E-state index contributed by atoms with van der Waals surface area (Å²) in [6.07, 6.45) is -0.384. The van der Waals surface area contributed by atoms with Gasteiger partial charge in [-0.25, -0.2) is 9.59 Å². The zero-order valence-electron chi connectivity index (χ0n) is 19.6. The molecule has 0 bridgehead atoms. The van der Waals surface area contributed by atoms with Gasteiger partial charge in [0.2, 0.25) is 5.91 Å². The van der Waals surface area contributed by atoms with Crippen LogP contribution in [0.4, 0.5) is 4.79 Å². The van der Waals surface area contributed by atoms with Crippen LogP contribution in [0.5, 0.6) is 0 Å². The number of hydrogen-bond acceptors (Lipinski definition) is 5. The molecule has 36 heavy (non-hydrogen) atoms. The Morgan fingerprint density at radius 1 is 0.917 bits per heavy atom. The number of primary amides is 1. The van der Waals surface area contributed by atoms with E-state index in [0.717, 1.165) is 27.8 Å². The van der Waals surface area contributed by atoms with Crippen LogP contribution in [0.3, 0.4) is 0 Å². The largest absolute Gasteiger partial charge is 0.464 e. The predicted molar refractivity (Wildman–Crippen MR) is 137 cm³/mol. The third-order valence-electron chi connectivity index (χ3n) is 6.12. The van der Waals surface area contributed by atoms with Gasteiger partial charge < -0.3 is 20.5 Å². The molecule has 0 aromatic heterocycles. The second-order valence-electron chi connectivity index (χ2n) is 8.57. The van der Waals surface area contributed by atoms with Gasteiger partial charge in [0.05, 0.1) is 6.61 Å². The smallest absolute Gasteiger partial charge is 0.407 e. The van der Waals surface area contributed by atoms with Gasteiger partial charge in [0, 0.05) is 23.8 Å². The van der Waals surface area contributed by atoms with E-state index in [4.69, 9.17) is 26.8 Å². The number of alkyl carbamates (subject to hydrolysis) is 1. The number of nitrogens with one attached hydrogen (secondary N) is 1. The van der Waals surface area contributed by atoms with E-state index in [2.05, 4.69) is 5.32 Å². The SMILES string of the molecule is NC(=O)CC[C@H](NC(=O)OCC1c2ccccc2-c2ccccc21)C(=O)OCCc1cccc(Cl)c1. The average Bonchev–Trinajstić information content (AvgIpc) is 3.19. The van der Waals surface area contributed by atoms with Gasteiger partial charge >= 0.3 is 12.1 Å². The lowest BCUT2D eigenvalue weighted by atomic mass is 9.98. The molecule has 0 fully saturated rings. The number of amides is 2. The molecule has 1 atom stereocenters. The van der Waals surface area contributed by atoms with Crippen LogP contribution in [-0.2, 0) is 25.5 Å². The van der Waals surface area contributed by atoms with Crippen molar-refractivity contribution in [2.24, 2.45) is 5.73 Å². The van der Waals surface area contributed by atoms with Crippen molar-refractivity contribution in [2.75, 3.05) is 13.2 Å². The number of ether oxygens (including phenoxy) is 2. The van der Waals surface area contributed by atoms with Gasteiger partial charge in [0.1, 0.15) is 12.6 Å². The van der Waals surface area contributed by atoms with Crippen molar-refractivity contribution < 1.29 is 23.9 Å². The lowest BCUT2D eigenvalue weighted by molar-refractivity contribution is -0.146. The van der Waals surface area contributed by atoms with Crippen molar-refractivity contribution in [1.29, 1.82) is 0 Å². The fourth-order valence-electron chi connectivity index (χ4n) is 4.38. The first-order valence-electron chi connectivity index (χ1n) is 11.7. The van der Waals surface area contributed by atoms with Crippen molar-refractivity contribution in [2.45, 2.75) is 31.2 Å². The number of halogens is 1. The summed E-state index contributed by atoms with van der Waals surface area (Å²) in [5.74, 6) is -1.36. The monoisotopic (exact) mass is 506 g/mol. The molecule has 0 spiro atoms. The predicted octanol–water partition coefficient (Wildman–Crippen LogP) is 4.60. The Morgan fingerprint density at radius 3 is 2.22 bits per heavy atom. The van der Waals surface area contributed by atoms with Crippen molar-refractivity contribution in [3.63, 3.8) is 0 Å². The molecule has 3 aromatic carbocycles. The Labute approximate surface area is 214 Å². The zero-order valence-corrected chi connectivity index (χ0v) is 20.4. The fraction of sp³-hybridized carbons (Fsp3) is 0.250. The summed E-state index contributed by atoms with van der Waals surface area (Å²) >= 11 is 5.98. The molecule has 186 valence electrons. The minimum absolute atomic E-state index is 0.00945. The first-order valence-corrected chi connectivity index (χ1v) is 12.1. The molecule has 7 nitrogen and oxygen atoms in total. The summed E-state index contributed by atoms with van der Waals surface area (Å²) in [4.78, 5) is 36.6. The molecule has 1 aliphatic carbocycles. The summed E-state index contributed by atoms with van der Waals surface area (Å²) in [6, 6.07) is 22.2. The molecule has 0 aliphatic heterocycles. The molecule has 0 unspecified atom stereocenters. The number of benzene rings is 3. The Balaban J connectivity index is 1.35. The van der Waals surface area contributed by atoms with E-state index >= 15 is 0 Å². The van der Waals surface area contributed by atoms with Crippen LogP contribution in [0.1, 0.15) is 35.4 Å². The number of esters is 1. The second kappa shape index (κ2) is 11.7. The van der Waals surface area contributed by atoms with Gasteiger partial charge in [-0.3, -0.25) is 4.79 Å². The van der Waals surface area contributed by atoms with Gasteiger partial charge in [-0.1, -0.05) is 72.3 Å². The quantitative estimate of drug-likeness (QED) is 0.391. The Bertz CT molecular complexity index is 1220. The Morgan fingerprint density at radius 2 is 1.58 bits per heavy atom. The maximum absolute atomic E-state index is 12.7. The molecule has 8 heteroatoms. The zero-order chi connectivity index (χ0) is 25.5. The van der Waals surface area contributed by atoms with Gasteiger partial charge in [0.25, 0.3) is 0 Å². The van der Waals surface area contributed by atoms with E-state index in [1.165, 1.54) is 0 Å². The summed E-state index contributed by atoms with van der Waals surface area (Å²) in [5.41, 5.74) is 10.5. The van der Waals surface area contributed by atoms with E-state index in [0.29, 0.717) is 11.4 Å². The van der Waals surface area contributed by atoms with Crippen LogP contribution in [0.25, 0.3) is 11.1 Å². The highest BCUT2D eigenvalue weighted by atomic mass is 35.5. The standard InChI is InChI=1S/C28H27ClN2O5/c29-19-7-5-6-18(16-19)14-15-35-27(33)25(12-13-26(30)32)31-28(34)36-17-24-22-10-3-1-8-20(22)21-9-2-4-11-23(21)24/h1-11,16,24-25H,12-15,17H2,(H2,30,32)(H,31,34)/t25-/m0/s1. The number of carbonyl (C=O) groups is 3. The Kier molecular flexibility index (Phi) is 8.23. The molecule has 0 saturated heterocycles. The first kappa shape index (κ1) is 25.3. The van der Waals surface area contributed by atoms with Crippen LogP contribution in [0.2, 0.25) is 5.02 Å². The Hall–Kier alpha value is -3.84. The lowest BCUT2D eigenvalue weighted by Gasteiger charge is -2.19. The molecule has 1 aliphatic rings. The fourth-order valence-corrected chi connectivity index (χ4v) is 4.59. The first-order chi connectivity index (χ1) is 17.4. The van der Waals surface area contributed by atoms with Crippen molar-refractivity contribution >= 4 is 29.6 Å². The van der Waals surface area contributed by atoms with E-state index in [9.17, 15) is 14.4 Å². The molecule has 3 aromatic rings. The van der Waals surface area contributed by atoms with Crippen molar-refractivity contribution in [3.8, 4) is 11.1 Å². The van der Waals surface area contributed by atoms with Gasteiger partial charge in [-0.2, -0.15) is 0 Å². The molecule has 0 radical (unpaired) electrons. The van der Waals surface area contributed by atoms with E-state index in [-0.39, 0.29) is 32.0 Å². The second-order valence-corrected chi connectivity index (χ2v) is 9.01. The van der Waals surface area contributed by atoms with Crippen LogP contribution in [0.15, 0.2) is 72.8 Å². The highest BCUT2D eigenvalue weighted by Crippen LogP contribution is 2.44. The molecule has 0 heterocycles.